The van der Waals surface area contributed by atoms with Crippen molar-refractivity contribution in [3.63, 3.8) is 0 Å². The van der Waals surface area contributed by atoms with Gasteiger partial charge in [0.25, 0.3) is 5.69 Å². The Morgan fingerprint density at radius 3 is 2.94 bits per heavy atom. The minimum Gasteiger partial charge on any atom is -0.371 e. The molecule has 1 aliphatic rings. The van der Waals surface area contributed by atoms with E-state index < -0.39 is 10.7 Å². The van der Waals surface area contributed by atoms with Crippen molar-refractivity contribution < 1.29 is 9.31 Å². The predicted octanol–water partition coefficient (Wildman–Crippen LogP) is 3.36. The van der Waals surface area contributed by atoms with Crippen molar-refractivity contribution >= 4 is 11.4 Å². The van der Waals surface area contributed by atoms with Crippen LogP contribution in [0.3, 0.4) is 0 Å². The van der Waals surface area contributed by atoms with Crippen LogP contribution in [0.1, 0.15) is 26.2 Å². The van der Waals surface area contributed by atoms with Gasteiger partial charge in [-0.3, -0.25) is 10.1 Å². The van der Waals surface area contributed by atoms with E-state index in [-0.39, 0.29) is 5.69 Å². The van der Waals surface area contributed by atoms with E-state index in [2.05, 4.69) is 6.92 Å². The molecule has 1 aromatic rings. The van der Waals surface area contributed by atoms with E-state index in [9.17, 15) is 14.5 Å². The second-order valence-electron chi connectivity index (χ2n) is 4.81. The monoisotopic (exact) mass is 252 g/mol. The number of non-ortho nitro benzene ring substituents is 1. The molecule has 1 saturated heterocycles. The average Bonchev–Trinajstić information content (AvgIpc) is 2.77. The van der Waals surface area contributed by atoms with Gasteiger partial charge in [-0.15, -0.1) is 0 Å². The predicted molar refractivity (Wildman–Crippen MR) is 68.3 cm³/mol. The van der Waals surface area contributed by atoms with Crippen molar-refractivity contribution in [2.45, 2.75) is 26.2 Å². The van der Waals surface area contributed by atoms with Gasteiger partial charge in [-0.05, 0) is 24.8 Å². The number of nitro groups is 1. The van der Waals surface area contributed by atoms with E-state index in [4.69, 9.17) is 0 Å². The number of hydrogen-bond donors (Lipinski definition) is 0. The largest absolute Gasteiger partial charge is 0.371 e. The number of nitrogens with zero attached hydrogens (tertiary/aromatic N) is 2. The molecule has 0 N–H and O–H groups in total. The summed E-state index contributed by atoms with van der Waals surface area (Å²) in [5, 5.41) is 10.7. The highest BCUT2D eigenvalue weighted by Gasteiger charge is 2.23. The highest BCUT2D eigenvalue weighted by atomic mass is 19.1. The molecule has 0 radical (unpaired) electrons. The van der Waals surface area contributed by atoms with Crippen molar-refractivity contribution in [3.8, 4) is 0 Å². The van der Waals surface area contributed by atoms with Crippen LogP contribution in [0.4, 0.5) is 15.8 Å². The van der Waals surface area contributed by atoms with Gasteiger partial charge in [0.1, 0.15) is 5.82 Å². The molecule has 4 nitrogen and oxygen atoms in total. The average molecular weight is 252 g/mol. The van der Waals surface area contributed by atoms with Gasteiger partial charge in [0.15, 0.2) is 0 Å². The van der Waals surface area contributed by atoms with Gasteiger partial charge in [0.2, 0.25) is 0 Å². The fourth-order valence-corrected chi connectivity index (χ4v) is 2.56. The molecule has 0 bridgehead atoms. The minimum atomic E-state index is -0.549. The van der Waals surface area contributed by atoms with Crippen LogP contribution in [0, 0.1) is 21.8 Å². The summed E-state index contributed by atoms with van der Waals surface area (Å²) < 4.78 is 13.4. The molecule has 0 saturated carbocycles. The third-order valence-electron chi connectivity index (χ3n) is 3.43. The zero-order valence-electron chi connectivity index (χ0n) is 10.4. The van der Waals surface area contributed by atoms with Crippen LogP contribution in [0.2, 0.25) is 0 Å². The molecule has 5 heteroatoms. The lowest BCUT2D eigenvalue weighted by Gasteiger charge is -2.18. The smallest absolute Gasteiger partial charge is 0.274 e. The van der Waals surface area contributed by atoms with Crippen molar-refractivity contribution in [3.05, 3.63) is 34.1 Å². The molecule has 1 atom stereocenters. The minimum absolute atomic E-state index is 0.177. The fraction of sp³-hybridized carbons (Fsp3) is 0.538. The Balaban J connectivity index is 2.16. The number of anilines is 1. The quantitative estimate of drug-likeness (QED) is 0.609. The number of nitro benzene ring substituents is 1. The molecule has 1 aromatic carbocycles. The summed E-state index contributed by atoms with van der Waals surface area (Å²) in [6, 6.07) is 3.79. The van der Waals surface area contributed by atoms with Gasteiger partial charge < -0.3 is 4.90 Å². The molecule has 1 fully saturated rings. The van der Waals surface area contributed by atoms with E-state index in [1.807, 2.05) is 4.90 Å². The van der Waals surface area contributed by atoms with E-state index in [1.54, 1.807) is 0 Å². The van der Waals surface area contributed by atoms with E-state index in [0.717, 1.165) is 38.4 Å². The number of benzene rings is 1. The van der Waals surface area contributed by atoms with Crippen molar-refractivity contribution in [1.82, 2.24) is 0 Å². The SMILES string of the molecule is CCCC1CCN(c2cc(F)cc([N+](=O)[O-])c2)C1. The molecule has 0 aliphatic carbocycles. The van der Waals surface area contributed by atoms with Crippen LogP contribution >= 0.6 is 0 Å². The lowest BCUT2D eigenvalue weighted by Crippen LogP contribution is -2.19. The van der Waals surface area contributed by atoms with Gasteiger partial charge in [0, 0.05) is 24.8 Å². The second-order valence-corrected chi connectivity index (χ2v) is 4.81. The van der Waals surface area contributed by atoms with Crippen LogP contribution in [-0.4, -0.2) is 18.0 Å². The highest BCUT2D eigenvalue weighted by molar-refractivity contribution is 5.54. The summed E-state index contributed by atoms with van der Waals surface area (Å²) in [6.45, 7) is 3.87. The Kier molecular flexibility index (Phi) is 3.79. The topological polar surface area (TPSA) is 46.4 Å². The first-order chi connectivity index (χ1) is 8.60. The van der Waals surface area contributed by atoms with E-state index in [1.165, 1.54) is 12.1 Å². The summed E-state index contributed by atoms with van der Waals surface area (Å²) in [7, 11) is 0. The zero-order valence-corrected chi connectivity index (χ0v) is 10.4. The first-order valence-corrected chi connectivity index (χ1v) is 6.30. The van der Waals surface area contributed by atoms with Gasteiger partial charge in [-0.1, -0.05) is 13.3 Å². The lowest BCUT2D eigenvalue weighted by atomic mass is 10.0. The molecule has 0 aromatic heterocycles. The zero-order chi connectivity index (χ0) is 13.1. The number of rotatable bonds is 4. The van der Waals surface area contributed by atoms with Crippen LogP contribution < -0.4 is 4.90 Å². The summed E-state index contributed by atoms with van der Waals surface area (Å²) >= 11 is 0. The van der Waals surface area contributed by atoms with Gasteiger partial charge in [-0.2, -0.15) is 0 Å². The van der Waals surface area contributed by atoms with Crippen LogP contribution in [0.5, 0.6) is 0 Å². The third kappa shape index (κ3) is 2.78. The Hall–Kier alpha value is -1.65. The Labute approximate surface area is 106 Å². The normalized spacial score (nSPS) is 19.2. The van der Waals surface area contributed by atoms with Gasteiger partial charge in [-0.25, -0.2) is 4.39 Å². The molecule has 2 rings (SSSR count). The van der Waals surface area contributed by atoms with Crippen molar-refractivity contribution in [2.75, 3.05) is 18.0 Å². The first-order valence-electron chi connectivity index (χ1n) is 6.30. The maximum absolute atomic E-state index is 13.4. The number of halogens is 1. The maximum atomic E-state index is 13.4. The molecular weight excluding hydrogens is 235 g/mol. The molecule has 1 unspecified atom stereocenters. The van der Waals surface area contributed by atoms with Crippen LogP contribution in [0.25, 0.3) is 0 Å². The van der Waals surface area contributed by atoms with Crippen LogP contribution in [0.15, 0.2) is 18.2 Å². The Morgan fingerprint density at radius 2 is 2.28 bits per heavy atom. The highest BCUT2D eigenvalue weighted by Crippen LogP contribution is 2.29. The summed E-state index contributed by atoms with van der Waals surface area (Å²) in [6.07, 6.45) is 3.38. The molecule has 98 valence electrons. The first kappa shape index (κ1) is 12.8. The number of hydrogen-bond acceptors (Lipinski definition) is 3. The third-order valence-corrected chi connectivity index (χ3v) is 3.43. The second kappa shape index (κ2) is 5.33. The molecule has 1 aliphatic heterocycles. The Morgan fingerprint density at radius 1 is 1.50 bits per heavy atom. The summed E-state index contributed by atoms with van der Waals surface area (Å²) in [4.78, 5) is 12.2. The standard InChI is InChI=1S/C13H17FN2O2/c1-2-3-10-4-5-15(9-10)12-6-11(14)7-13(8-12)16(17)18/h6-8,10H,2-5,9H2,1H3. The maximum Gasteiger partial charge on any atom is 0.274 e. The molecule has 0 amide bonds. The molecular formula is C13H17FN2O2. The summed E-state index contributed by atoms with van der Waals surface area (Å²) in [5.74, 6) is 0.0791. The lowest BCUT2D eigenvalue weighted by molar-refractivity contribution is -0.385. The fourth-order valence-electron chi connectivity index (χ4n) is 2.56. The van der Waals surface area contributed by atoms with Gasteiger partial charge in [0.05, 0.1) is 11.0 Å². The van der Waals surface area contributed by atoms with E-state index >= 15 is 0 Å². The molecule has 1 heterocycles. The Bertz CT molecular complexity index is 451. The van der Waals surface area contributed by atoms with E-state index in [0.29, 0.717) is 11.6 Å². The van der Waals surface area contributed by atoms with Crippen LogP contribution in [-0.2, 0) is 0 Å². The molecule has 0 spiro atoms. The van der Waals surface area contributed by atoms with Crippen molar-refractivity contribution in [1.29, 1.82) is 0 Å². The molecule has 18 heavy (non-hydrogen) atoms. The van der Waals surface area contributed by atoms with Gasteiger partial charge >= 0.3 is 0 Å². The summed E-state index contributed by atoms with van der Waals surface area (Å²) in [5.41, 5.74) is 0.448. The van der Waals surface area contributed by atoms with Crippen molar-refractivity contribution in [2.24, 2.45) is 5.92 Å².